The smallest absolute Gasteiger partial charge is 0.333 e. The van der Waals surface area contributed by atoms with Crippen LogP contribution in [-0.4, -0.2) is 247 Å². The fraction of sp³-hybridized carbons (Fsp3) is 0.892. The van der Waals surface area contributed by atoms with Crippen molar-refractivity contribution >= 4 is 17.9 Å². The van der Waals surface area contributed by atoms with E-state index in [0.717, 1.165) is 19.3 Å². The summed E-state index contributed by atoms with van der Waals surface area (Å²) in [6.07, 6.45) is -26.3. The number of hydrogen-bond donors (Lipinski definition) is 11. The number of esters is 3. The third-order valence-electron chi connectivity index (χ3n) is 24.6. The van der Waals surface area contributed by atoms with Gasteiger partial charge < -0.3 is 113 Å². The van der Waals surface area contributed by atoms with Gasteiger partial charge in [-0.25, -0.2) is 9.59 Å². The quantitative estimate of drug-likeness (QED) is 0.0469. The normalized spacial score (nSPS) is 51.1. The van der Waals surface area contributed by atoms with Gasteiger partial charge in [-0.05, 0) is 114 Å². The molecule has 91 heavy (non-hydrogen) atoms. The summed E-state index contributed by atoms with van der Waals surface area (Å²) >= 11 is 0. The van der Waals surface area contributed by atoms with Crippen LogP contribution in [0.4, 0.5) is 0 Å². The Labute approximate surface area is 531 Å². The number of rotatable bonds is 15. The van der Waals surface area contributed by atoms with Crippen molar-refractivity contribution < 1.29 is 127 Å². The molecule has 518 valence electrons. The van der Waals surface area contributed by atoms with Crippen molar-refractivity contribution in [2.75, 3.05) is 26.4 Å². The predicted molar refractivity (Wildman–Crippen MR) is 314 cm³/mol. The van der Waals surface area contributed by atoms with Crippen molar-refractivity contribution in [3.63, 3.8) is 0 Å². The van der Waals surface area contributed by atoms with Crippen LogP contribution in [0.5, 0.6) is 0 Å². The zero-order valence-corrected chi connectivity index (χ0v) is 54.7. The van der Waals surface area contributed by atoms with E-state index in [-0.39, 0.29) is 29.8 Å². The minimum Gasteiger partial charge on any atom is -0.462 e. The highest BCUT2D eigenvalue weighted by atomic mass is 16.8. The molecule has 11 N–H and O–H groups in total. The van der Waals surface area contributed by atoms with E-state index in [2.05, 4.69) is 34.6 Å². The Balaban J connectivity index is 0.909. The number of carbonyl (C=O) groups excluding carboxylic acids is 3. The number of allylic oxidation sites excluding steroid dienone is 2. The monoisotopic (exact) mass is 1300 g/mol. The fourth-order valence-electron chi connectivity index (χ4n) is 19.0. The van der Waals surface area contributed by atoms with Crippen LogP contribution in [0.25, 0.3) is 0 Å². The van der Waals surface area contributed by atoms with Crippen LogP contribution in [0.3, 0.4) is 0 Å². The van der Waals surface area contributed by atoms with Crippen LogP contribution in [0.1, 0.15) is 141 Å². The van der Waals surface area contributed by atoms with Gasteiger partial charge in [0.1, 0.15) is 97.7 Å². The van der Waals surface area contributed by atoms with Crippen LogP contribution in [-0.2, 0) is 71.2 Å². The van der Waals surface area contributed by atoms with Crippen molar-refractivity contribution in [2.24, 2.45) is 50.2 Å². The Kier molecular flexibility index (Phi) is 20.1. The molecule has 10 aliphatic rings. The van der Waals surface area contributed by atoms with Crippen LogP contribution < -0.4 is 0 Å². The first-order chi connectivity index (χ1) is 42.5. The van der Waals surface area contributed by atoms with E-state index in [1.807, 2.05) is 13.8 Å². The van der Waals surface area contributed by atoms with Crippen molar-refractivity contribution in [3.8, 4) is 0 Å². The Morgan fingerprint density at radius 2 is 1.13 bits per heavy atom. The van der Waals surface area contributed by atoms with Crippen molar-refractivity contribution in [2.45, 2.75) is 288 Å². The molecular weight excluding hydrogens is 1200 g/mol. The zero-order chi connectivity index (χ0) is 66.8. The van der Waals surface area contributed by atoms with E-state index in [0.29, 0.717) is 43.3 Å². The molecule has 5 aliphatic carbocycles. The average Bonchev–Trinajstić information content (AvgIpc) is 1.61. The Morgan fingerprint density at radius 3 is 1.75 bits per heavy atom. The number of carbonyl (C=O) groups is 3. The molecule has 5 aliphatic heterocycles. The predicted octanol–water partition coefficient (Wildman–Crippen LogP) is 0.863. The molecule has 5 saturated heterocycles. The maximum Gasteiger partial charge on any atom is 0.333 e. The summed E-state index contributed by atoms with van der Waals surface area (Å²) in [6.45, 7) is 23.4. The highest BCUT2D eigenvalue weighted by molar-refractivity contribution is 5.89. The van der Waals surface area contributed by atoms with Crippen molar-refractivity contribution in [1.29, 1.82) is 0 Å². The van der Waals surface area contributed by atoms with Gasteiger partial charge in [-0.3, -0.25) is 4.79 Å². The molecule has 0 aromatic carbocycles. The van der Waals surface area contributed by atoms with Crippen LogP contribution in [0.15, 0.2) is 23.3 Å². The maximum atomic E-state index is 14.1. The van der Waals surface area contributed by atoms with E-state index in [4.69, 9.17) is 56.8 Å². The standard InChI is InChI=1S/C65H102O26/c1-14-28(3)53(78)90-51-52(91-54(79)29(4)15-2)64-27-82-65(37(64)22-59(51,7)8)21-17-36-61(11)19-18-38(60(9,10)35(61)16-20-62(36,12)63(65,13)23-39(64)84-31(6)67)88-58-50(89-57-49(77)45(73)41(69)32(24-66)85-57)43(71)34(26-81-58)87-56-48(76)46(74)42(70)33(86-56)25-80-55-47(75)44(72)40(68)30(5)83-55/h14-15,30,32-52,55-58,66,68-77H,16-27H2,1-13H3/b28-14+,29-15+/t30-,32-,33-,34-,35+,36-,37-,38+,39-,40-,41-,42-,43+,44+,45+,46+,47+,48-,49-,50-,51+,52+,55+,56+,57+,58+,61+,62-,63+,64+,65+/m1/s1. The largest absolute Gasteiger partial charge is 0.462 e. The Bertz CT molecular complexity index is 2710. The molecule has 5 saturated carbocycles. The summed E-state index contributed by atoms with van der Waals surface area (Å²) in [5, 5.41) is 120. The van der Waals surface area contributed by atoms with E-state index in [9.17, 15) is 70.6 Å². The minimum absolute atomic E-state index is 0.0142. The topological polar surface area (TPSA) is 385 Å². The Hall–Kier alpha value is -2.91. The highest BCUT2D eigenvalue weighted by Crippen LogP contribution is 2.81. The third-order valence-corrected chi connectivity index (χ3v) is 24.6. The molecule has 10 rings (SSSR count). The lowest BCUT2D eigenvalue weighted by atomic mass is 9.30. The van der Waals surface area contributed by atoms with Crippen LogP contribution in [0, 0.1) is 50.2 Å². The molecule has 0 aromatic heterocycles. The van der Waals surface area contributed by atoms with E-state index in [1.54, 1.807) is 39.8 Å². The number of aliphatic hydroxyl groups excluding tert-OH is 11. The summed E-state index contributed by atoms with van der Waals surface area (Å²) in [4.78, 5) is 41.5. The molecule has 0 aromatic rings. The molecule has 0 radical (unpaired) electrons. The minimum atomic E-state index is -1.93. The number of fused-ring (bicyclic) bond motifs is 4. The third kappa shape index (κ3) is 11.5. The van der Waals surface area contributed by atoms with Gasteiger partial charge in [-0.2, -0.15) is 0 Å². The van der Waals surface area contributed by atoms with E-state index >= 15 is 0 Å². The lowest BCUT2D eigenvalue weighted by Gasteiger charge is -2.75. The first-order valence-electron chi connectivity index (χ1n) is 32.6. The Morgan fingerprint density at radius 1 is 0.560 bits per heavy atom. The lowest BCUT2D eigenvalue weighted by Crippen LogP contribution is -2.77. The summed E-state index contributed by atoms with van der Waals surface area (Å²) in [7, 11) is 0. The van der Waals surface area contributed by atoms with Gasteiger partial charge in [0.2, 0.25) is 0 Å². The second kappa shape index (κ2) is 25.8. The molecule has 5 heterocycles. The molecule has 26 nitrogen and oxygen atoms in total. The average molecular weight is 1300 g/mol. The van der Waals surface area contributed by atoms with Crippen molar-refractivity contribution in [1.82, 2.24) is 0 Å². The van der Waals surface area contributed by atoms with Gasteiger partial charge in [0.05, 0.1) is 49.7 Å². The second-order valence-electron chi connectivity index (χ2n) is 30.1. The highest BCUT2D eigenvalue weighted by Gasteiger charge is 2.84. The van der Waals surface area contributed by atoms with E-state index in [1.165, 1.54) is 13.8 Å². The summed E-state index contributed by atoms with van der Waals surface area (Å²) in [5.41, 5.74) is -3.84. The van der Waals surface area contributed by atoms with Crippen LogP contribution in [0.2, 0.25) is 0 Å². The van der Waals surface area contributed by atoms with E-state index < -0.39 is 212 Å². The lowest BCUT2D eigenvalue weighted by molar-refractivity contribution is -0.384. The molecule has 26 heteroatoms. The van der Waals surface area contributed by atoms with Crippen LogP contribution >= 0.6 is 0 Å². The van der Waals surface area contributed by atoms with Gasteiger partial charge in [0.15, 0.2) is 31.3 Å². The number of ether oxygens (including phenoxy) is 12. The van der Waals surface area contributed by atoms with Crippen molar-refractivity contribution in [3.05, 3.63) is 23.3 Å². The summed E-state index contributed by atoms with van der Waals surface area (Å²) in [5.74, 6) is -1.78. The van der Waals surface area contributed by atoms with Gasteiger partial charge in [-0.1, -0.05) is 60.6 Å². The zero-order valence-electron chi connectivity index (χ0n) is 54.7. The van der Waals surface area contributed by atoms with Gasteiger partial charge in [0.25, 0.3) is 0 Å². The first kappa shape index (κ1) is 70.9. The van der Waals surface area contributed by atoms with Gasteiger partial charge in [0, 0.05) is 34.8 Å². The molecule has 31 atom stereocenters. The number of hydrogen-bond acceptors (Lipinski definition) is 26. The summed E-state index contributed by atoms with van der Waals surface area (Å²) < 4.78 is 76.0. The summed E-state index contributed by atoms with van der Waals surface area (Å²) in [6, 6.07) is 0. The first-order valence-corrected chi connectivity index (χ1v) is 32.6. The van der Waals surface area contributed by atoms with Gasteiger partial charge >= 0.3 is 17.9 Å². The SMILES string of the molecule is C/C=C(\C)C(=O)O[C@H]1[C@H](OC(=O)/C(C)=C/C)[C@]23CO[C@@]4(CC[C@@H]5[C@@]6(C)CC[C@H](O[C@@H]7OC[C@@H](O[C@@H]8O[C@H](CO[C@H]9O[C@H](C)[C@@H](O)[C@H](O)[C@@H]9O)[C@@H](O)[C@H](O)[C@H]8O)[C@H](O)[C@H]7O[C@@H]7O[C@H](CO)[C@@H](O)[C@H](O)[C@H]7O)C(C)(C)[C@@H]6CC[C@@]5(C)[C@]4(C)C[C@H]2OC(C)=O)[C@@H]3CC1(C)C. The molecular formula is C65H102O26. The maximum absolute atomic E-state index is 14.1. The number of aliphatic hydroxyl groups is 11. The molecule has 10 fully saturated rings. The molecule has 0 unspecified atom stereocenters. The second-order valence-corrected chi connectivity index (χ2v) is 30.1. The molecule has 1 spiro atoms. The fourth-order valence-corrected chi connectivity index (χ4v) is 19.0. The molecule has 0 amide bonds. The van der Waals surface area contributed by atoms with Gasteiger partial charge in [-0.15, -0.1) is 0 Å². The molecule has 2 bridgehead atoms.